The van der Waals surface area contributed by atoms with E-state index in [0.717, 1.165) is 0 Å². The Balaban J connectivity index is 2.24. The van der Waals surface area contributed by atoms with Gasteiger partial charge in [0, 0.05) is 24.7 Å². The second kappa shape index (κ2) is 10.6. The summed E-state index contributed by atoms with van der Waals surface area (Å²) in [5.74, 6) is -0.540. The normalized spacial score (nSPS) is 11.2. The molecular formula is C22H25NO7S. The Labute approximate surface area is 182 Å². The van der Waals surface area contributed by atoms with E-state index in [1.807, 2.05) is 13.8 Å². The molecule has 0 fully saturated rings. The number of rotatable bonds is 9. The fourth-order valence-electron chi connectivity index (χ4n) is 2.71. The summed E-state index contributed by atoms with van der Waals surface area (Å²) in [6, 6.07) is 10.1. The fourth-order valence-corrected chi connectivity index (χ4v) is 3.65. The van der Waals surface area contributed by atoms with E-state index in [-0.39, 0.29) is 22.3 Å². The van der Waals surface area contributed by atoms with Crippen LogP contribution in [-0.2, 0) is 19.6 Å². The molecule has 1 amide bonds. The first-order valence-corrected chi connectivity index (χ1v) is 10.9. The standard InChI is InChI=1S/C22H25NO7S/c1-5-23(6-2)22(25)17-9-11-18(12-10-17)31(26,27)30-19-13-7-16(15-20(19)28-3)8-14-21(24)29-4/h7-15H,5-6H2,1-4H3/b14-8+. The minimum Gasteiger partial charge on any atom is -0.493 e. The number of carbonyl (C=O) groups is 2. The number of methoxy groups -OCH3 is 2. The van der Waals surface area contributed by atoms with Gasteiger partial charge in [0.15, 0.2) is 11.5 Å². The van der Waals surface area contributed by atoms with Gasteiger partial charge >= 0.3 is 16.1 Å². The maximum atomic E-state index is 12.7. The quantitative estimate of drug-likeness (QED) is 0.331. The van der Waals surface area contributed by atoms with Gasteiger partial charge in [-0.1, -0.05) is 6.07 Å². The maximum Gasteiger partial charge on any atom is 0.339 e. The summed E-state index contributed by atoms with van der Waals surface area (Å²) < 4.78 is 40.4. The smallest absolute Gasteiger partial charge is 0.339 e. The molecule has 31 heavy (non-hydrogen) atoms. The van der Waals surface area contributed by atoms with Crippen molar-refractivity contribution in [1.29, 1.82) is 0 Å². The molecule has 0 spiro atoms. The van der Waals surface area contributed by atoms with Gasteiger partial charge < -0.3 is 18.6 Å². The molecule has 2 rings (SSSR count). The van der Waals surface area contributed by atoms with Crippen LogP contribution < -0.4 is 8.92 Å². The van der Waals surface area contributed by atoms with Crippen LogP contribution in [0.4, 0.5) is 0 Å². The Morgan fingerprint density at radius 2 is 1.61 bits per heavy atom. The first-order valence-electron chi connectivity index (χ1n) is 9.53. The van der Waals surface area contributed by atoms with E-state index < -0.39 is 16.1 Å². The van der Waals surface area contributed by atoms with Crippen molar-refractivity contribution < 1.29 is 31.7 Å². The Bertz CT molecular complexity index is 1060. The number of hydrogen-bond donors (Lipinski definition) is 0. The average molecular weight is 448 g/mol. The number of hydrogen-bond acceptors (Lipinski definition) is 7. The molecule has 0 heterocycles. The second-order valence-corrected chi connectivity index (χ2v) is 7.85. The van der Waals surface area contributed by atoms with Gasteiger partial charge in [0.1, 0.15) is 4.90 Å². The van der Waals surface area contributed by atoms with Crippen LogP contribution in [0.3, 0.4) is 0 Å². The van der Waals surface area contributed by atoms with Crippen molar-refractivity contribution in [3.63, 3.8) is 0 Å². The lowest BCUT2D eigenvalue weighted by molar-refractivity contribution is -0.134. The van der Waals surface area contributed by atoms with Crippen LogP contribution in [0.5, 0.6) is 11.5 Å². The summed E-state index contributed by atoms with van der Waals surface area (Å²) in [5, 5.41) is 0. The zero-order chi connectivity index (χ0) is 23.0. The molecule has 0 aliphatic heterocycles. The molecule has 0 unspecified atom stereocenters. The van der Waals surface area contributed by atoms with E-state index in [4.69, 9.17) is 8.92 Å². The van der Waals surface area contributed by atoms with E-state index in [1.165, 1.54) is 62.8 Å². The highest BCUT2D eigenvalue weighted by Gasteiger charge is 2.20. The lowest BCUT2D eigenvalue weighted by Gasteiger charge is -2.18. The van der Waals surface area contributed by atoms with Crippen molar-refractivity contribution >= 4 is 28.1 Å². The fraction of sp³-hybridized carbons (Fsp3) is 0.273. The molecule has 0 bridgehead atoms. The predicted octanol–water partition coefficient (Wildman–Crippen LogP) is 3.13. The third kappa shape index (κ3) is 6.08. The van der Waals surface area contributed by atoms with E-state index >= 15 is 0 Å². The Hall–Kier alpha value is -3.33. The first-order chi connectivity index (χ1) is 14.7. The number of esters is 1. The van der Waals surface area contributed by atoms with Crippen molar-refractivity contribution in [3.8, 4) is 11.5 Å². The Morgan fingerprint density at radius 1 is 0.968 bits per heavy atom. The number of amides is 1. The third-order valence-electron chi connectivity index (χ3n) is 4.44. The lowest BCUT2D eigenvalue weighted by Crippen LogP contribution is -2.30. The highest BCUT2D eigenvalue weighted by molar-refractivity contribution is 7.87. The Morgan fingerprint density at radius 3 is 2.16 bits per heavy atom. The van der Waals surface area contributed by atoms with Gasteiger partial charge in [-0.25, -0.2) is 4.79 Å². The molecule has 0 aliphatic rings. The summed E-state index contributed by atoms with van der Waals surface area (Å²) >= 11 is 0. The van der Waals surface area contributed by atoms with Crippen LogP contribution in [0.1, 0.15) is 29.8 Å². The van der Waals surface area contributed by atoms with Crippen molar-refractivity contribution in [2.75, 3.05) is 27.3 Å². The highest BCUT2D eigenvalue weighted by Crippen LogP contribution is 2.31. The summed E-state index contributed by atoms with van der Waals surface area (Å²) in [5.41, 5.74) is 0.980. The highest BCUT2D eigenvalue weighted by atomic mass is 32.2. The largest absolute Gasteiger partial charge is 0.493 e. The average Bonchev–Trinajstić information content (AvgIpc) is 2.78. The lowest BCUT2D eigenvalue weighted by atomic mass is 10.2. The van der Waals surface area contributed by atoms with Gasteiger partial charge in [-0.05, 0) is 61.9 Å². The van der Waals surface area contributed by atoms with Crippen molar-refractivity contribution in [2.24, 2.45) is 0 Å². The minimum atomic E-state index is -4.16. The van der Waals surface area contributed by atoms with Crippen LogP contribution in [0.2, 0.25) is 0 Å². The zero-order valence-corrected chi connectivity index (χ0v) is 18.6. The molecule has 0 aliphatic carbocycles. The summed E-state index contributed by atoms with van der Waals surface area (Å²) in [4.78, 5) is 25.1. The third-order valence-corrected chi connectivity index (χ3v) is 5.69. The van der Waals surface area contributed by atoms with Crippen LogP contribution in [0, 0.1) is 0 Å². The summed E-state index contributed by atoms with van der Waals surface area (Å²) in [6.45, 7) is 4.86. The first kappa shape index (κ1) is 23.9. The van der Waals surface area contributed by atoms with Crippen molar-refractivity contribution in [1.82, 2.24) is 4.90 Å². The van der Waals surface area contributed by atoms with Gasteiger partial charge in [-0.15, -0.1) is 0 Å². The van der Waals surface area contributed by atoms with Crippen LogP contribution in [-0.4, -0.2) is 52.5 Å². The van der Waals surface area contributed by atoms with Gasteiger partial charge in [0.05, 0.1) is 14.2 Å². The van der Waals surface area contributed by atoms with E-state index in [0.29, 0.717) is 24.2 Å². The molecule has 8 nitrogen and oxygen atoms in total. The van der Waals surface area contributed by atoms with Crippen molar-refractivity contribution in [3.05, 3.63) is 59.7 Å². The number of nitrogens with zero attached hydrogens (tertiary/aromatic N) is 1. The van der Waals surface area contributed by atoms with Crippen LogP contribution >= 0.6 is 0 Å². The van der Waals surface area contributed by atoms with Crippen molar-refractivity contribution in [2.45, 2.75) is 18.7 Å². The SMILES string of the molecule is CCN(CC)C(=O)c1ccc(S(=O)(=O)Oc2ccc(/C=C/C(=O)OC)cc2OC)cc1. The molecule has 0 atom stereocenters. The molecule has 0 saturated carbocycles. The summed E-state index contributed by atoms with van der Waals surface area (Å²) in [7, 11) is -1.52. The molecule has 0 N–H and O–H groups in total. The van der Waals surface area contributed by atoms with Gasteiger partial charge in [0.25, 0.3) is 5.91 Å². The van der Waals surface area contributed by atoms with Crippen LogP contribution in [0.25, 0.3) is 6.08 Å². The second-order valence-electron chi connectivity index (χ2n) is 6.31. The molecule has 2 aromatic rings. The van der Waals surface area contributed by atoms with E-state index in [9.17, 15) is 18.0 Å². The predicted molar refractivity (Wildman–Crippen MR) is 116 cm³/mol. The van der Waals surface area contributed by atoms with Crippen LogP contribution in [0.15, 0.2) is 53.4 Å². The molecule has 166 valence electrons. The molecular weight excluding hydrogens is 422 g/mol. The topological polar surface area (TPSA) is 99.2 Å². The molecule has 9 heteroatoms. The van der Waals surface area contributed by atoms with Gasteiger partial charge in [-0.3, -0.25) is 4.79 Å². The number of carbonyl (C=O) groups excluding carboxylic acids is 2. The molecule has 0 aromatic heterocycles. The van der Waals surface area contributed by atoms with E-state index in [1.54, 1.807) is 11.0 Å². The molecule has 0 radical (unpaired) electrons. The Kier molecular flexibility index (Phi) is 8.21. The van der Waals surface area contributed by atoms with E-state index in [2.05, 4.69) is 4.74 Å². The zero-order valence-electron chi connectivity index (χ0n) is 17.8. The van der Waals surface area contributed by atoms with Gasteiger partial charge in [0.2, 0.25) is 0 Å². The van der Waals surface area contributed by atoms with Gasteiger partial charge in [-0.2, -0.15) is 8.42 Å². The number of benzene rings is 2. The molecule has 0 saturated heterocycles. The summed E-state index contributed by atoms with van der Waals surface area (Å²) in [6.07, 6.45) is 2.73. The maximum absolute atomic E-state index is 12.7. The molecule has 2 aromatic carbocycles. The minimum absolute atomic E-state index is 0.0130. The monoisotopic (exact) mass is 447 g/mol. The number of ether oxygens (including phenoxy) is 2.